The maximum Gasteiger partial charge on any atom is 0.237 e. The predicted octanol–water partition coefficient (Wildman–Crippen LogP) is 2.22. The molecule has 132 valence electrons. The number of rotatable bonds is 7. The molecule has 1 saturated carbocycles. The first-order chi connectivity index (χ1) is 11.6. The van der Waals surface area contributed by atoms with Gasteiger partial charge in [0, 0.05) is 18.6 Å². The van der Waals surface area contributed by atoms with Gasteiger partial charge in [0.15, 0.2) is 0 Å². The van der Waals surface area contributed by atoms with Gasteiger partial charge in [-0.2, -0.15) is 0 Å². The van der Waals surface area contributed by atoms with Crippen LogP contribution in [-0.4, -0.2) is 42.6 Å². The molecule has 2 aliphatic rings. The van der Waals surface area contributed by atoms with Gasteiger partial charge in [-0.25, -0.2) is 0 Å². The Bertz CT molecular complexity index is 573. The highest BCUT2D eigenvalue weighted by molar-refractivity contribution is 5.81. The molecule has 0 aromatic heterocycles. The Morgan fingerprint density at radius 1 is 1.42 bits per heavy atom. The largest absolute Gasteiger partial charge is 0.497 e. The molecule has 1 heterocycles. The summed E-state index contributed by atoms with van der Waals surface area (Å²) in [5.74, 6) is 0.843. The number of carbonyl (C=O) groups is 1. The highest BCUT2D eigenvalue weighted by Crippen LogP contribution is 2.41. The van der Waals surface area contributed by atoms with E-state index < -0.39 is 6.04 Å². The lowest BCUT2D eigenvalue weighted by molar-refractivity contribution is -0.123. The zero-order valence-corrected chi connectivity index (χ0v) is 14.7. The molecule has 5 nitrogen and oxygen atoms in total. The van der Waals surface area contributed by atoms with Crippen LogP contribution in [-0.2, 0) is 4.79 Å². The van der Waals surface area contributed by atoms with E-state index in [0.717, 1.165) is 31.6 Å². The zero-order chi connectivity index (χ0) is 17.1. The average Bonchev–Trinajstić information content (AvgIpc) is 3.36. The average molecular weight is 331 g/mol. The molecule has 3 atom stereocenters. The third kappa shape index (κ3) is 3.73. The van der Waals surface area contributed by atoms with Gasteiger partial charge in [-0.1, -0.05) is 25.5 Å². The highest BCUT2D eigenvalue weighted by atomic mass is 16.5. The molecule has 1 aliphatic heterocycles. The number of benzene rings is 1. The Hall–Kier alpha value is -1.59. The maximum absolute atomic E-state index is 12.4. The van der Waals surface area contributed by atoms with E-state index in [1.54, 1.807) is 7.11 Å². The molecule has 1 aliphatic carbocycles. The number of nitrogens with one attached hydrogen (secondary N) is 1. The third-order valence-corrected chi connectivity index (χ3v) is 5.15. The third-order valence-electron chi connectivity index (χ3n) is 5.15. The van der Waals surface area contributed by atoms with E-state index in [2.05, 4.69) is 29.3 Å². The number of methoxy groups -OCH3 is 1. The second-order valence-corrected chi connectivity index (χ2v) is 6.99. The van der Waals surface area contributed by atoms with Crippen LogP contribution in [0.25, 0.3) is 0 Å². The fourth-order valence-electron chi connectivity index (χ4n) is 3.76. The van der Waals surface area contributed by atoms with Gasteiger partial charge in [0.25, 0.3) is 0 Å². The Labute approximate surface area is 144 Å². The van der Waals surface area contributed by atoms with Crippen LogP contribution in [0, 0.1) is 0 Å². The van der Waals surface area contributed by atoms with Crippen LogP contribution in [0.3, 0.4) is 0 Å². The molecule has 0 radical (unpaired) electrons. The lowest BCUT2D eigenvalue weighted by Gasteiger charge is -2.30. The number of nitrogens with zero attached hydrogens (tertiary/aromatic N) is 1. The molecule has 1 amide bonds. The molecule has 2 fully saturated rings. The predicted molar refractivity (Wildman–Crippen MR) is 94.9 cm³/mol. The van der Waals surface area contributed by atoms with Gasteiger partial charge in [-0.3, -0.25) is 9.69 Å². The van der Waals surface area contributed by atoms with Gasteiger partial charge in [0.2, 0.25) is 5.91 Å². The summed E-state index contributed by atoms with van der Waals surface area (Å²) < 4.78 is 5.39. The summed E-state index contributed by atoms with van der Waals surface area (Å²) in [5.41, 5.74) is 7.21. The molecular weight excluding hydrogens is 302 g/mol. The number of ether oxygens (including phenoxy) is 1. The molecule has 3 N–H and O–H groups in total. The molecular formula is C19H29N3O2. The maximum atomic E-state index is 12.4. The van der Waals surface area contributed by atoms with Gasteiger partial charge < -0.3 is 15.8 Å². The van der Waals surface area contributed by atoms with Gasteiger partial charge in [-0.15, -0.1) is 0 Å². The molecule has 1 aromatic carbocycles. The first-order valence-electron chi connectivity index (χ1n) is 9.09. The van der Waals surface area contributed by atoms with Gasteiger partial charge in [0.1, 0.15) is 5.75 Å². The summed E-state index contributed by atoms with van der Waals surface area (Å²) in [4.78, 5) is 14.9. The van der Waals surface area contributed by atoms with Crippen LogP contribution in [0.5, 0.6) is 5.75 Å². The van der Waals surface area contributed by atoms with Crippen LogP contribution in [0.15, 0.2) is 24.3 Å². The van der Waals surface area contributed by atoms with Crippen molar-refractivity contribution in [2.24, 2.45) is 5.73 Å². The zero-order valence-electron chi connectivity index (χ0n) is 14.7. The van der Waals surface area contributed by atoms with Crippen LogP contribution < -0.4 is 15.8 Å². The van der Waals surface area contributed by atoms with Crippen molar-refractivity contribution < 1.29 is 9.53 Å². The Morgan fingerprint density at radius 3 is 2.88 bits per heavy atom. The second kappa shape index (κ2) is 7.53. The summed E-state index contributed by atoms with van der Waals surface area (Å²) in [6.45, 7) is 3.08. The van der Waals surface area contributed by atoms with E-state index in [1.807, 2.05) is 12.1 Å². The Kier molecular flexibility index (Phi) is 5.41. The second-order valence-electron chi connectivity index (χ2n) is 6.99. The van der Waals surface area contributed by atoms with Crippen LogP contribution >= 0.6 is 0 Å². The van der Waals surface area contributed by atoms with Crippen LogP contribution in [0.4, 0.5) is 0 Å². The molecule has 1 aromatic rings. The summed E-state index contributed by atoms with van der Waals surface area (Å²) >= 11 is 0. The molecule has 3 rings (SSSR count). The highest BCUT2D eigenvalue weighted by Gasteiger charge is 2.43. The minimum absolute atomic E-state index is 0.0209. The topological polar surface area (TPSA) is 67.6 Å². The monoisotopic (exact) mass is 331 g/mol. The van der Waals surface area contributed by atoms with Crippen molar-refractivity contribution in [2.75, 3.05) is 13.7 Å². The number of hydrogen-bond donors (Lipinski definition) is 2. The molecule has 0 bridgehead atoms. The first-order valence-corrected chi connectivity index (χ1v) is 9.09. The summed E-state index contributed by atoms with van der Waals surface area (Å²) in [7, 11) is 1.69. The Morgan fingerprint density at radius 2 is 2.21 bits per heavy atom. The number of amides is 1. The minimum Gasteiger partial charge on any atom is -0.497 e. The smallest absolute Gasteiger partial charge is 0.237 e. The van der Waals surface area contributed by atoms with E-state index >= 15 is 0 Å². The number of likely N-dealkylation sites (tertiary alicyclic amines) is 1. The summed E-state index contributed by atoms with van der Waals surface area (Å²) in [5, 5.41) is 3.22. The number of hydrogen-bond acceptors (Lipinski definition) is 4. The van der Waals surface area contributed by atoms with E-state index in [-0.39, 0.29) is 18.0 Å². The van der Waals surface area contributed by atoms with Crippen molar-refractivity contribution in [3.63, 3.8) is 0 Å². The quantitative estimate of drug-likeness (QED) is 0.804. The van der Waals surface area contributed by atoms with Gasteiger partial charge in [0.05, 0.1) is 19.2 Å². The van der Waals surface area contributed by atoms with E-state index in [1.165, 1.54) is 18.4 Å². The van der Waals surface area contributed by atoms with E-state index in [9.17, 15) is 4.79 Å². The molecule has 1 saturated heterocycles. The lowest BCUT2D eigenvalue weighted by atomic mass is 9.99. The van der Waals surface area contributed by atoms with Crippen molar-refractivity contribution >= 4 is 5.91 Å². The van der Waals surface area contributed by atoms with E-state index in [4.69, 9.17) is 10.5 Å². The normalized spacial score (nSPS) is 25.5. The van der Waals surface area contributed by atoms with Crippen molar-refractivity contribution in [3.05, 3.63) is 29.8 Å². The van der Waals surface area contributed by atoms with Crippen LogP contribution in [0.2, 0.25) is 0 Å². The molecule has 0 spiro atoms. The van der Waals surface area contributed by atoms with Crippen molar-refractivity contribution in [3.8, 4) is 5.75 Å². The number of nitrogens with two attached hydrogens (primary N) is 1. The summed E-state index contributed by atoms with van der Waals surface area (Å²) in [6.07, 6.45) is 5.15. The van der Waals surface area contributed by atoms with E-state index in [0.29, 0.717) is 6.04 Å². The van der Waals surface area contributed by atoms with Gasteiger partial charge in [-0.05, 0) is 43.4 Å². The van der Waals surface area contributed by atoms with Crippen molar-refractivity contribution in [1.82, 2.24) is 10.2 Å². The van der Waals surface area contributed by atoms with Crippen molar-refractivity contribution in [1.29, 1.82) is 0 Å². The van der Waals surface area contributed by atoms with Gasteiger partial charge >= 0.3 is 0 Å². The first kappa shape index (κ1) is 17.2. The fourth-order valence-corrected chi connectivity index (χ4v) is 3.76. The fraction of sp³-hybridized carbons (Fsp3) is 0.632. The minimum atomic E-state index is -0.407. The SMILES string of the molecule is CCCC(N)C(=O)NC1CCN(C2CC2)C1c1cccc(OC)c1. The molecule has 3 unspecified atom stereocenters. The Balaban J connectivity index is 1.78. The summed E-state index contributed by atoms with van der Waals surface area (Å²) in [6, 6.07) is 8.81. The van der Waals surface area contributed by atoms with Crippen molar-refractivity contribution in [2.45, 2.75) is 63.2 Å². The molecule has 5 heteroatoms. The lowest BCUT2D eigenvalue weighted by Crippen LogP contribution is -2.47. The van der Waals surface area contributed by atoms with Crippen LogP contribution in [0.1, 0.15) is 50.6 Å². The number of carbonyl (C=O) groups excluding carboxylic acids is 1. The standard InChI is InChI=1S/C19H29N3O2/c1-3-5-16(20)19(23)21-17-10-11-22(14-8-9-14)18(17)13-6-4-7-15(12-13)24-2/h4,6-7,12,14,16-18H,3,5,8-11,20H2,1-2H3,(H,21,23). The molecule has 24 heavy (non-hydrogen) atoms.